The number of ether oxygens (including phenoxy) is 2. The van der Waals surface area contributed by atoms with Crippen LogP contribution in [-0.2, 0) is 19.1 Å². The highest BCUT2D eigenvalue weighted by atomic mass is 16.5. The lowest BCUT2D eigenvalue weighted by atomic mass is 9.96. The van der Waals surface area contributed by atoms with Gasteiger partial charge in [-0.25, -0.2) is 0 Å². The smallest absolute Gasteiger partial charge is 0.245 e. The number of hydrogen-bond donors (Lipinski definition) is 1. The van der Waals surface area contributed by atoms with Crippen LogP contribution in [0.3, 0.4) is 0 Å². The van der Waals surface area contributed by atoms with E-state index in [1.807, 2.05) is 6.92 Å². The van der Waals surface area contributed by atoms with Gasteiger partial charge in [-0.3, -0.25) is 9.59 Å². The van der Waals surface area contributed by atoms with Crippen molar-refractivity contribution in [3.05, 3.63) is 20.9 Å². The quantitative estimate of drug-likeness (QED) is 0.167. The van der Waals surface area contributed by atoms with E-state index in [9.17, 15) is 9.59 Å². The van der Waals surface area contributed by atoms with Gasteiger partial charge < -0.3 is 14.8 Å². The average molecular weight is 383 g/mol. The number of carbonyl (C=O) groups excluding carboxylic acids is 2. The first-order valence-corrected chi connectivity index (χ1v) is 9.08. The molecule has 11 heteroatoms. The van der Waals surface area contributed by atoms with Crippen LogP contribution in [-0.4, -0.2) is 57.8 Å². The molecule has 0 aromatic rings. The predicted molar refractivity (Wildman–Crippen MR) is 99.9 cm³/mol. The number of nitrogens with one attached hydrogen (secondary N) is 1. The summed E-state index contributed by atoms with van der Waals surface area (Å²) in [6, 6.07) is 0. The summed E-state index contributed by atoms with van der Waals surface area (Å²) in [5.74, 6) is -0.000421. The molecular weight excluding hydrogens is 354 g/mol. The van der Waals surface area contributed by atoms with Gasteiger partial charge in [-0.15, -0.1) is 0 Å². The van der Waals surface area contributed by atoms with Gasteiger partial charge in [0.2, 0.25) is 5.91 Å². The number of azide groups is 2. The first-order chi connectivity index (χ1) is 13.1. The number of hydrogen-bond acceptors (Lipinski definition) is 6. The Balaban J connectivity index is 3.54. The van der Waals surface area contributed by atoms with Gasteiger partial charge in [-0.05, 0) is 30.3 Å². The van der Waals surface area contributed by atoms with E-state index in [1.165, 1.54) is 0 Å². The molecule has 0 bridgehead atoms. The van der Waals surface area contributed by atoms with Gasteiger partial charge >= 0.3 is 0 Å². The van der Waals surface area contributed by atoms with Crippen LogP contribution < -0.4 is 5.32 Å². The number of nitrogens with zero attached hydrogens (tertiary/aromatic N) is 6. The molecule has 0 aliphatic rings. The summed E-state index contributed by atoms with van der Waals surface area (Å²) in [5, 5.41) is 9.40. The SMILES string of the molecule is C[C@@H](CCCCNC(=O)COCCN=[N+]=[N-])C(=O)CCCOCCN=[N+]=[N-]. The van der Waals surface area contributed by atoms with E-state index in [0.717, 1.165) is 19.3 Å². The fraction of sp³-hybridized carbons (Fsp3) is 0.875. The summed E-state index contributed by atoms with van der Waals surface area (Å²) in [7, 11) is 0. The number of amides is 1. The summed E-state index contributed by atoms with van der Waals surface area (Å²) < 4.78 is 10.3. The summed E-state index contributed by atoms with van der Waals surface area (Å²) in [6.45, 7) is 3.99. The molecule has 1 atom stereocenters. The number of rotatable bonds is 18. The minimum atomic E-state index is -0.208. The van der Waals surface area contributed by atoms with Crippen LogP contribution in [0.4, 0.5) is 0 Å². The van der Waals surface area contributed by atoms with Crippen LogP contribution in [0.2, 0.25) is 0 Å². The number of ketones is 1. The standard InChI is InChI=1S/C16H29N7O4/c1-14(15(24)6-4-10-26-11-8-20-22-17)5-2-3-7-19-16(25)13-27-12-9-21-23-18/h14H,2-13H2,1H3,(H,19,25)/t14-/m0/s1. The van der Waals surface area contributed by atoms with Crippen LogP contribution >= 0.6 is 0 Å². The van der Waals surface area contributed by atoms with E-state index >= 15 is 0 Å². The molecule has 1 amide bonds. The molecule has 152 valence electrons. The minimum absolute atomic E-state index is 0.00656. The largest absolute Gasteiger partial charge is 0.381 e. The third-order valence-corrected chi connectivity index (χ3v) is 3.68. The summed E-state index contributed by atoms with van der Waals surface area (Å²) >= 11 is 0. The molecule has 0 aromatic carbocycles. The lowest BCUT2D eigenvalue weighted by Gasteiger charge is -2.11. The Kier molecular flexibility index (Phi) is 16.9. The van der Waals surface area contributed by atoms with Crippen molar-refractivity contribution in [1.82, 2.24) is 5.32 Å². The average Bonchev–Trinajstić information content (AvgIpc) is 2.66. The van der Waals surface area contributed by atoms with E-state index in [1.54, 1.807) is 0 Å². The molecule has 27 heavy (non-hydrogen) atoms. The fourth-order valence-electron chi connectivity index (χ4n) is 2.18. The van der Waals surface area contributed by atoms with Crippen LogP contribution in [0.5, 0.6) is 0 Å². The molecule has 0 heterocycles. The van der Waals surface area contributed by atoms with Crippen molar-refractivity contribution in [2.24, 2.45) is 16.1 Å². The first kappa shape index (κ1) is 24.7. The molecule has 0 fully saturated rings. The van der Waals surface area contributed by atoms with E-state index < -0.39 is 0 Å². The maximum Gasteiger partial charge on any atom is 0.245 e. The maximum absolute atomic E-state index is 12.0. The molecule has 0 aromatic heterocycles. The maximum atomic E-state index is 12.0. The van der Waals surface area contributed by atoms with Gasteiger partial charge in [0.15, 0.2) is 0 Å². The molecule has 0 saturated carbocycles. The highest BCUT2D eigenvalue weighted by Crippen LogP contribution is 2.11. The monoisotopic (exact) mass is 383 g/mol. The van der Waals surface area contributed by atoms with Crippen molar-refractivity contribution < 1.29 is 19.1 Å². The van der Waals surface area contributed by atoms with Gasteiger partial charge in [0.25, 0.3) is 0 Å². The van der Waals surface area contributed by atoms with Gasteiger partial charge in [-0.1, -0.05) is 23.6 Å². The predicted octanol–water partition coefficient (Wildman–Crippen LogP) is 2.91. The summed E-state index contributed by atoms with van der Waals surface area (Å²) in [6.07, 6.45) is 3.58. The molecule has 0 unspecified atom stereocenters. The number of carbonyl (C=O) groups is 2. The molecule has 0 aliphatic heterocycles. The van der Waals surface area contributed by atoms with Crippen LogP contribution in [0, 0.1) is 5.92 Å². The first-order valence-electron chi connectivity index (χ1n) is 9.08. The zero-order valence-corrected chi connectivity index (χ0v) is 15.9. The summed E-state index contributed by atoms with van der Waals surface area (Å²) in [4.78, 5) is 28.7. The van der Waals surface area contributed by atoms with E-state index in [0.29, 0.717) is 39.1 Å². The Morgan fingerprint density at radius 2 is 1.67 bits per heavy atom. The van der Waals surface area contributed by atoms with Gasteiger partial charge in [0, 0.05) is 48.4 Å². The van der Waals surface area contributed by atoms with Crippen molar-refractivity contribution in [2.45, 2.75) is 39.0 Å². The second kappa shape index (κ2) is 18.5. The number of unbranched alkanes of at least 4 members (excludes halogenated alkanes) is 1. The van der Waals surface area contributed by atoms with Gasteiger partial charge in [0.05, 0.1) is 13.2 Å². The Morgan fingerprint density at radius 1 is 1.00 bits per heavy atom. The van der Waals surface area contributed by atoms with Crippen LogP contribution in [0.25, 0.3) is 20.9 Å². The molecule has 0 radical (unpaired) electrons. The molecule has 0 spiro atoms. The zero-order chi connectivity index (χ0) is 20.2. The zero-order valence-electron chi connectivity index (χ0n) is 15.9. The number of Topliss-reactive ketones (excluding diaryl/α,β-unsaturated/α-hetero) is 1. The van der Waals surface area contributed by atoms with E-state index in [2.05, 4.69) is 25.4 Å². The molecular formula is C16H29N7O4. The fourth-order valence-corrected chi connectivity index (χ4v) is 2.18. The normalized spacial score (nSPS) is 11.1. The molecule has 1 N–H and O–H groups in total. The Labute approximate surface area is 159 Å². The van der Waals surface area contributed by atoms with Crippen LogP contribution in [0.15, 0.2) is 10.2 Å². The van der Waals surface area contributed by atoms with E-state index in [-0.39, 0.29) is 37.4 Å². The van der Waals surface area contributed by atoms with E-state index in [4.69, 9.17) is 20.5 Å². The van der Waals surface area contributed by atoms with Crippen molar-refractivity contribution in [3.63, 3.8) is 0 Å². The Bertz CT molecular complexity index is 517. The molecule has 0 rings (SSSR count). The summed E-state index contributed by atoms with van der Waals surface area (Å²) in [5.41, 5.74) is 16.2. The Morgan fingerprint density at radius 3 is 2.33 bits per heavy atom. The highest BCUT2D eigenvalue weighted by Gasteiger charge is 2.12. The third kappa shape index (κ3) is 16.9. The van der Waals surface area contributed by atoms with Crippen molar-refractivity contribution >= 4 is 11.7 Å². The minimum Gasteiger partial charge on any atom is -0.381 e. The second-order valence-corrected chi connectivity index (χ2v) is 5.89. The second-order valence-electron chi connectivity index (χ2n) is 5.89. The van der Waals surface area contributed by atoms with Crippen molar-refractivity contribution in [2.75, 3.05) is 46.1 Å². The molecule has 0 aliphatic carbocycles. The Hall–Kier alpha value is -2.32. The highest BCUT2D eigenvalue weighted by molar-refractivity contribution is 5.80. The van der Waals surface area contributed by atoms with Crippen molar-refractivity contribution in [3.8, 4) is 0 Å². The van der Waals surface area contributed by atoms with Gasteiger partial charge in [0.1, 0.15) is 12.4 Å². The van der Waals surface area contributed by atoms with Crippen molar-refractivity contribution in [1.29, 1.82) is 0 Å². The molecule has 0 saturated heterocycles. The topological polar surface area (TPSA) is 162 Å². The lowest BCUT2D eigenvalue weighted by Crippen LogP contribution is -2.29. The molecule has 11 nitrogen and oxygen atoms in total. The lowest BCUT2D eigenvalue weighted by molar-refractivity contribution is -0.125. The third-order valence-electron chi connectivity index (χ3n) is 3.68. The van der Waals surface area contributed by atoms with Crippen LogP contribution in [0.1, 0.15) is 39.0 Å². The van der Waals surface area contributed by atoms with Gasteiger partial charge in [-0.2, -0.15) is 0 Å².